The molecule has 0 aliphatic rings. The molecular formula is C9H22O2Si. The van der Waals surface area contributed by atoms with Crippen molar-refractivity contribution in [2.24, 2.45) is 5.92 Å². The zero-order chi connectivity index (χ0) is 10.6. The van der Waals surface area contributed by atoms with E-state index >= 15 is 0 Å². The lowest BCUT2D eigenvalue weighted by molar-refractivity contribution is 0.370. The summed E-state index contributed by atoms with van der Waals surface area (Å²) in [5.41, 5.74) is 0. The molecule has 0 rings (SSSR count). The molecule has 0 aromatic rings. The van der Waals surface area contributed by atoms with E-state index in [0.717, 1.165) is 0 Å². The van der Waals surface area contributed by atoms with Crippen molar-refractivity contribution >= 4 is 8.93 Å². The third kappa shape index (κ3) is 55.3. The fourth-order valence-corrected chi connectivity index (χ4v) is 0. The Labute approximate surface area is 78.4 Å². The molecule has 0 atom stereocenters. The van der Waals surface area contributed by atoms with Crippen molar-refractivity contribution < 1.29 is 8.89 Å². The zero-order valence-electron chi connectivity index (χ0n) is 9.18. The summed E-state index contributed by atoms with van der Waals surface area (Å²) >= 11 is 0. The highest BCUT2D eigenvalue weighted by atomic mass is 28.3. The first-order valence-electron chi connectivity index (χ1n) is 4.21. The van der Waals surface area contributed by atoms with Gasteiger partial charge in [0.1, 0.15) is 0 Å². The van der Waals surface area contributed by atoms with Crippen LogP contribution in [-0.2, 0) is 8.89 Å². The number of hydrogen-bond acceptors (Lipinski definition) is 2. The van der Waals surface area contributed by atoms with Gasteiger partial charge in [-0.25, -0.2) is 0 Å². The Morgan fingerprint density at radius 1 is 1.42 bits per heavy atom. The van der Waals surface area contributed by atoms with Crippen LogP contribution in [-0.4, -0.2) is 16.0 Å². The van der Waals surface area contributed by atoms with Crippen LogP contribution >= 0.6 is 0 Å². The van der Waals surface area contributed by atoms with E-state index in [1.807, 2.05) is 19.9 Å². The largest absolute Gasteiger partial charge is 0.527 e. The van der Waals surface area contributed by atoms with E-state index in [2.05, 4.69) is 24.9 Å². The summed E-state index contributed by atoms with van der Waals surface area (Å²) in [5.74, 6) is 0.648. The molecule has 0 spiro atoms. The average molecular weight is 190 g/mol. The van der Waals surface area contributed by atoms with Gasteiger partial charge in [0.25, 0.3) is 0 Å². The molecule has 0 aliphatic heterocycles. The van der Waals surface area contributed by atoms with Gasteiger partial charge in [-0.1, -0.05) is 33.8 Å². The SMILES string of the molecule is C=CC(C)C.CC.CO[Si](C)=O. The molecule has 0 unspecified atom stereocenters. The molecule has 3 heteroatoms. The second-order valence-electron chi connectivity index (χ2n) is 2.18. The van der Waals surface area contributed by atoms with Gasteiger partial charge in [0, 0.05) is 6.55 Å². The minimum Gasteiger partial charge on any atom is -0.527 e. The second kappa shape index (κ2) is 16.9. The van der Waals surface area contributed by atoms with Crippen LogP contribution in [0.1, 0.15) is 27.7 Å². The summed E-state index contributed by atoms with van der Waals surface area (Å²) in [5, 5.41) is 0. The maximum absolute atomic E-state index is 9.78. The van der Waals surface area contributed by atoms with Crippen LogP contribution in [0.25, 0.3) is 0 Å². The average Bonchev–Trinajstić information content (AvgIpc) is 2.09. The van der Waals surface area contributed by atoms with Gasteiger partial charge < -0.3 is 8.89 Å². The second-order valence-corrected chi connectivity index (χ2v) is 3.57. The number of hydrogen-bond donors (Lipinski definition) is 0. The van der Waals surface area contributed by atoms with Crippen LogP contribution in [0.4, 0.5) is 0 Å². The monoisotopic (exact) mass is 190 g/mol. The predicted molar refractivity (Wildman–Crippen MR) is 55.7 cm³/mol. The van der Waals surface area contributed by atoms with Gasteiger partial charge in [0.2, 0.25) is 0 Å². The van der Waals surface area contributed by atoms with Gasteiger partial charge >= 0.3 is 8.93 Å². The fourth-order valence-electron chi connectivity index (χ4n) is 0. The molecule has 0 saturated heterocycles. The lowest BCUT2D eigenvalue weighted by atomic mass is 10.2. The smallest absolute Gasteiger partial charge is 0.498 e. The highest BCUT2D eigenvalue weighted by Gasteiger charge is 1.84. The highest BCUT2D eigenvalue weighted by molar-refractivity contribution is 6.32. The molecule has 0 radical (unpaired) electrons. The van der Waals surface area contributed by atoms with Crippen molar-refractivity contribution in [2.75, 3.05) is 7.11 Å². The van der Waals surface area contributed by atoms with Gasteiger partial charge in [0.15, 0.2) is 0 Å². The Bertz CT molecular complexity index is 101. The van der Waals surface area contributed by atoms with Gasteiger partial charge in [-0.05, 0) is 5.92 Å². The van der Waals surface area contributed by atoms with E-state index in [1.165, 1.54) is 7.11 Å². The van der Waals surface area contributed by atoms with Crippen molar-refractivity contribution in [1.82, 2.24) is 0 Å². The van der Waals surface area contributed by atoms with E-state index in [0.29, 0.717) is 5.92 Å². The molecule has 0 fully saturated rings. The molecule has 74 valence electrons. The quantitative estimate of drug-likeness (QED) is 0.494. The summed E-state index contributed by atoms with van der Waals surface area (Å²) in [6.45, 7) is 13.3. The molecule has 12 heavy (non-hydrogen) atoms. The van der Waals surface area contributed by atoms with Crippen molar-refractivity contribution in [3.63, 3.8) is 0 Å². The first-order valence-corrected chi connectivity index (χ1v) is 6.03. The van der Waals surface area contributed by atoms with Crippen LogP contribution < -0.4 is 0 Å². The zero-order valence-corrected chi connectivity index (χ0v) is 10.2. The van der Waals surface area contributed by atoms with Crippen LogP contribution in [0.2, 0.25) is 6.55 Å². The van der Waals surface area contributed by atoms with E-state index < -0.39 is 8.93 Å². The van der Waals surface area contributed by atoms with Gasteiger partial charge in [0.05, 0.1) is 7.11 Å². The summed E-state index contributed by atoms with van der Waals surface area (Å²) < 4.78 is 14.1. The Balaban J connectivity index is -0.000000112. The molecule has 0 aromatic carbocycles. The molecule has 0 amide bonds. The van der Waals surface area contributed by atoms with Crippen LogP contribution in [0.3, 0.4) is 0 Å². The third-order valence-electron chi connectivity index (χ3n) is 0.759. The first kappa shape index (κ1) is 17.6. The summed E-state index contributed by atoms with van der Waals surface area (Å²) in [7, 11) is -0.192. The minimum atomic E-state index is -1.62. The van der Waals surface area contributed by atoms with Crippen molar-refractivity contribution in [3.05, 3.63) is 12.7 Å². The van der Waals surface area contributed by atoms with E-state index in [1.54, 1.807) is 6.55 Å². The van der Waals surface area contributed by atoms with Crippen LogP contribution in [0.5, 0.6) is 0 Å². The third-order valence-corrected chi connectivity index (χ3v) is 1.33. The van der Waals surface area contributed by atoms with E-state index in [4.69, 9.17) is 0 Å². The molecular weight excluding hydrogens is 168 g/mol. The molecule has 2 nitrogen and oxygen atoms in total. The summed E-state index contributed by atoms with van der Waals surface area (Å²) in [6, 6.07) is 0. The molecule has 0 saturated carbocycles. The van der Waals surface area contributed by atoms with Gasteiger partial charge in [-0.3, -0.25) is 0 Å². The normalized spacial score (nSPS) is 6.92. The highest BCUT2D eigenvalue weighted by Crippen LogP contribution is 1.87. The molecule has 0 aliphatic carbocycles. The number of rotatable bonds is 2. The Hall–Kier alpha value is -0.443. The summed E-state index contributed by atoms with van der Waals surface area (Å²) in [6.07, 6.45) is 1.92. The lowest BCUT2D eigenvalue weighted by Gasteiger charge is -1.84. The van der Waals surface area contributed by atoms with Crippen LogP contribution in [0.15, 0.2) is 12.7 Å². The van der Waals surface area contributed by atoms with Crippen molar-refractivity contribution in [3.8, 4) is 0 Å². The molecule has 0 N–H and O–H groups in total. The lowest BCUT2D eigenvalue weighted by Crippen LogP contribution is -1.92. The van der Waals surface area contributed by atoms with Crippen molar-refractivity contribution in [1.29, 1.82) is 0 Å². The topological polar surface area (TPSA) is 26.3 Å². The fraction of sp³-hybridized carbons (Fsp3) is 0.778. The maximum Gasteiger partial charge on any atom is 0.498 e. The Kier molecular flexibility index (Phi) is 24.8. The molecule has 0 bridgehead atoms. The molecule has 0 heterocycles. The summed E-state index contributed by atoms with van der Waals surface area (Å²) in [4.78, 5) is 0. The maximum atomic E-state index is 9.78. The Morgan fingerprint density at radius 3 is 1.58 bits per heavy atom. The predicted octanol–water partition coefficient (Wildman–Crippen LogP) is 3.04. The van der Waals surface area contributed by atoms with Gasteiger partial charge in [-0.2, -0.15) is 0 Å². The van der Waals surface area contributed by atoms with Crippen molar-refractivity contribution in [2.45, 2.75) is 34.2 Å². The first-order chi connectivity index (χ1) is 5.54. The van der Waals surface area contributed by atoms with E-state index in [9.17, 15) is 4.46 Å². The minimum absolute atomic E-state index is 0.648. The molecule has 0 aromatic heterocycles. The Morgan fingerprint density at radius 2 is 1.58 bits per heavy atom. The van der Waals surface area contributed by atoms with E-state index in [-0.39, 0.29) is 0 Å². The van der Waals surface area contributed by atoms with Crippen LogP contribution in [0, 0.1) is 5.92 Å². The van der Waals surface area contributed by atoms with Gasteiger partial charge in [-0.15, -0.1) is 6.58 Å². The standard InChI is InChI=1S/C5H10.C2H6O2Si.C2H6/c2*1-4-5(2)3;1-2/h4-5H,1H2,2-3H3;1-2H3;1-2H3. The number of allylic oxidation sites excluding steroid dienone is 1.